The fraction of sp³-hybridized carbons (Fsp3) is 0.652. The number of benzene rings is 1. The Labute approximate surface area is 211 Å². The molecule has 3 fully saturated rings. The Morgan fingerprint density at radius 1 is 1.19 bits per heavy atom. The van der Waals surface area contributed by atoms with Gasteiger partial charge in [0.2, 0.25) is 0 Å². The summed E-state index contributed by atoms with van der Waals surface area (Å²) < 4.78 is 98.5. The lowest BCUT2D eigenvalue weighted by atomic mass is 10.1. The Morgan fingerprint density at radius 3 is 2.24 bits per heavy atom. The summed E-state index contributed by atoms with van der Waals surface area (Å²) in [6, 6.07) is 4.89. The number of piperidine rings is 1. The van der Waals surface area contributed by atoms with E-state index in [-0.39, 0.29) is 37.7 Å². The average Bonchev–Trinajstić information content (AvgIpc) is 3.40. The van der Waals surface area contributed by atoms with Crippen molar-refractivity contribution in [2.45, 2.75) is 78.8 Å². The number of rotatable bonds is 5. The number of anilines is 1. The summed E-state index contributed by atoms with van der Waals surface area (Å²) in [5, 5.41) is 17.7. The van der Waals surface area contributed by atoms with Crippen LogP contribution in [-0.4, -0.2) is 62.6 Å². The molecule has 8 nitrogen and oxygen atoms in total. The Kier molecular flexibility index (Phi) is 8.28. The van der Waals surface area contributed by atoms with E-state index in [0.717, 1.165) is 12.1 Å². The number of halogens is 5. The minimum atomic E-state index is -4.88. The summed E-state index contributed by atoms with van der Waals surface area (Å²) in [5.74, 6) is -2.83. The molecule has 1 aromatic carbocycles. The molecule has 0 bridgehead atoms. The van der Waals surface area contributed by atoms with Crippen molar-refractivity contribution in [3.63, 3.8) is 0 Å². The lowest BCUT2D eigenvalue weighted by molar-refractivity contribution is -0.139. The molecule has 1 aliphatic heterocycles. The van der Waals surface area contributed by atoms with Crippen molar-refractivity contribution in [2.24, 2.45) is 0 Å². The SMILES string of the molecule is CO[C@@H]1CC[C@@H](S(=O)(=O)c2ccc(N3CCC(F)(F)CC3)cc2C(F)(F)F)C1.N#CC1(NC(=O)O)CC1. The van der Waals surface area contributed by atoms with Crippen LogP contribution >= 0.6 is 0 Å². The number of sulfone groups is 1. The number of nitriles is 1. The van der Waals surface area contributed by atoms with E-state index in [9.17, 15) is 35.2 Å². The fourth-order valence-corrected chi connectivity index (χ4v) is 6.46. The summed E-state index contributed by atoms with van der Waals surface area (Å²) >= 11 is 0. The van der Waals surface area contributed by atoms with Crippen LogP contribution in [0, 0.1) is 11.3 Å². The van der Waals surface area contributed by atoms with E-state index in [2.05, 4.69) is 5.32 Å². The highest BCUT2D eigenvalue weighted by atomic mass is 32.2. The lowest BCUT2D eigenvalue weighted by Crippen LogP contribution is -2.39. The van der Waals surface area contributed by atoms with Crippen LogP contribution in [0.1, 0.15) is 50.5 Å². The Morgan fingerprint density at radius 2 is 1.81 bits per heavy atom. The van der Waals surface area contributed by atoms with Crippen LogP contribution in [0.3, 0.4) is 0 Å². The standard InChI is InChI=1S/C18H22F5NO3S.C5H6N2O2/c1-27-13-3-4-14(11-13)28(25,26)16-5-2-12(10-15(16)18(21,22)23)24-8-6-17(19,20)7-9-24;6-3-5(1-2-5)7-4(8)9/h2,5,10,13-14H,3-4,6-9,11H2,1H3;7H,1-2H2,(H,8,9)/t13-,14-;/m1./s1. The molecule has 2 N–H and O–H groups in total. The molecule has 14 heteroatoms. The second kappa shape index (κ2) is 10.6. The van der Waals surface area contributed by atoms with Crippen LogP contribution < -0.4 is 10.2 Å². The molecule has 1 aromatic rings. The summed E-state index contributed by atoms with van der Waals surface area (Å²) in [6.45, 7) is -0.178. The van der Waals surface area contributed by atoms with Crippen LogP contribution in [0.5, 0.6) is 0 Å². The van der Waals surface area contributed by atoms with Crippen LogP contribution in [0.4, 0.5) is 32.4 Å². The normalized spacial score (nSPS) is 24.4. The number of methoxy groups -OCH3 is 1. The van der Waals surface area contributed by atoms with Gasteiger partial charge in [0.15, 0.2) is 9.84 Å². The highest BCUT2D eigenvalue weighted by molar-refractivity contribution is 7.92. The Bertz CT molecular complexity index is 1140. The van der Waals surface area contributed by atoms with Crippen molar-refractivity contribution < 1.29 is 45.0 Å². The number of nitrogens with zero attached hydrogens (tertiary/aromatic N) is 2. The number of ether oxygens (including phenoxy) is 1. The molecule has 1 heterocycles. The van der Waals surface area contributed by atoms with E-state index in [1.807, 2.05) is 6.07 Å². The van der Waals surface area contributed by atoms with Crippen LogP contribution in [0.25, 0.3) is 0 Å². The molecule has 2 saturated carbocycles. The van der Waals surface area contributed by atoms with Gasteiger partial charge in [-0.15, -0.1) is 0 Å². The van der Waals surface area contributed by atoms with Crippen molar-refractivity contribution >= 4 is 21.6 Å². The van der Waals surface area contributed by atoms with Gasteiger partial charge >= 0.3 is 12.3 Å². The second-order valence-corrected chi connectivity index (χ2v) is 11.7. The lowest BCUT2D eigenvalue weighted by Gasteiger charge is -2.34. The molecule has 37 heavy (non-hydrogen) atoms. The monoisotopic (exact) mass is 553 g/mol. The predicted molar refractivity (Wildman–Crippen MR) is 122 cm³/mol. The zero-order valence-corrected chi connectivity index (χ0v) is 20.8. The van der Waals surface area contributed by atoms with Crippen molar-refractivity contribution in [3.8, 4) is 6.07 Å². The molecule has 1 saturated heterocycles. The molecule has 4 rings (SSSR count). The molecule has 0 unspecified atom stereocenters. The first-order chi connectivity index (χ1) is 17.1. The van der Waals surface area contributed by atoms with E-state index in [1.165, 1.54) is 18.1 Å². The van der Waals surface area contributed by atoms with Gasteiger partial charge in [0.05, 0.1) is 27.9 Å². The largest absolute Gasteiger partial charge is 0.465 e. The van der Waals surface area contributed by atoms with Gasteiger partial charge in [0.25, 0.3) is 5.92 Å². The maximum Gasteiger partial charge on any atom is 0.417 e. The first-order valence-electron chi connectivity index (χ1n) is 11.7. The van der Waals surface area contributed by atoms with Crippen molar-refractivity contribution in [2.75, 3.05) is 25.1 Å². The first-order valence-corrected chi connectivity index (χ1v) is 13.2. The van der Waals surface area contributed by atoms with Gasteiger partial charge in [-0.25, -0.2) is 22.0 Å². The number of carboxylic acid groups (broad SMARTS) is 1. The van der Waals surface area contributed by atoms with Gasteiger partial charge < -0.3 is 20.1 Å². The number of amides is 1. The molecular weight excluding hydrogens is 525 g/mol. The maximum atomic E-state index is 13.7. The minimum Gasteiger partial charge on any atom is -0.465 e. The molecule has 2 aliphatic carbocycles. The number of alkyl halides is 5. The van der Waals surface area contributed by atoms with Gasteiger partial charge in [-0.05, 0) is 50.3 Å². The number of hydrogen-bond donors (Lipinski definition) is 2. The predicted octanol–water partition coefficient (Wildman–Crippen LogP) is 4.59. The third-order valence-electron chi connectivity index (χ3n) is 6.85. The van der Waals surface area contributed by atoms with E-state index >= 15 is 0 Å². The van der Waals surface area contributed by atoms with E-state index in [1.54, 1.807) is 0 Å². The molecule has 0 spiro atoms. The van der Waals surface area contributed by atoms with Crippen LogP contribution in [0.15, 0.2) is 23.1 Å². The molecule has 2 atom stereocenters. The van der Waals surface area contributed by atoms with Gasteiger partial charge in [-0.1, -0.05) is 0 Å². The highest BCUT2D eigenvalue weighted by Crippen LogP contribution is 2.41. The maximum absolute atomic E-state index is 13.7. The number of hydrogen-bond acceptors (Lipinski definition) is 6. The molecule has 0 radical (unpaired) electrons. The van der Waals surface area contributed by atoms with Crippen LogP contribution in [0.2, 0.25) is 0 Å². The molecule has 206 valence electrons. The van der Waals surface area contributed by atoms with Gasteiger partial charge in [-0.3, -0.25) is 0 Å². The number of nitrogens with one attached hydrogen (secondary N) is 1. The fourth-order valence-electron chi connectivity index (χ4n) is 4.45. The summed E-state index contributed by atoms with van der Waals surface area (Å²) in [5.41, 5.74) is -1.88. The molecule has 0 aromatic heterocycles. The van der Waals surface area contributed by atoms with E-state index in [0.29, 0.717) is 19.3 Å². The zero-order valence-electron chi connectivity index (χ0n) is 20.0. The third kappa shape index (κ3) is 7.01. The zero-order chi connectivity index (χ0) is 27.6. The Hall–Kier alpha value is -2.66. The van der Waals surface area contributed by atoms with Crippen molar-refractivity contribution in [1.82, 2.24) is 5.32 Å². The average molecular weight is 554 g/mol. The second-order valence-electron chi connectivity index (χ2n) is 9.48. The quantitative estimate of drug-likeness (QED) is 0.512. The summed E-state index contributed by atoms with van der Waals surface area (Å²) in [7, 11) is -2.76. The highest BCUT2D eigenvalue weighted by Gasteiger charge is 2.45. The van der Waals surface area contributed by atoms with Crippen molar-refractivity contribution in [3.05, 3.63) is 23.8 Å². The van der Waals surface area contributed by atoms with Gasteiger partial charge in [0.1, 0.15) is 5.54 Å². The van der Waals surface area contributed by atoms with Crippen molar-refractivity contribution in [1.29, 1.82) is 5.26 Å². The molecule has 1 amide bonds. The van der Waals surface area contributed by atoms with E-state index < -0.39 is 62.1 Å². The topological polar surface area (TPSA) is 120 Å². The van der Waals surface area contributed by atoms with Gasteiger partial charge in [0, 0.05) is 38.7 Å². The number of carbonyl (C=O) groups is 1. The Balaban J connectivity index is 0.000000356. The molecular formula is C23H28F5N3O5S. The first kappa shape index (κ1) is 28.9. The van der Waals surface area contributed by atoms with Gasteiger partial charge in [-0.2, -0.15) is 18.4 Å². The minimum absolute atomic E-state index is 0.0888. The van der Waals surface area contributed by atoms with Crippen LogP contribution in [-0.2, 0) is 20.8 Å². The van der Waals surface area contributed by atoms with E-state index in [4.69, 9.17) is 15.1 Å². The summed E-state index contributed by atoms with van der Waals surface area (Å²) in [4.78, 5) is 10.6. The summed E-state index contributed by atoms with van der Waals surface area (Å²) in [6.07, 6.45) is -5.02. The smallest absolute Gasteiger partial charge is 0.417 e. The third-order valence-corrected chi connectivity index (χ3v) is 9.13. The molecule has 3 aliphatic rings.